The van der Waals surface area contributed by atoms with Crippen LogP contribution in [0.15, 0.2) is 42.5 Å². The SMILES string of the molecule is CC(O)C(=O)OC(=O)C[C@H]1O[C@H](c2ccccc2Cl)c2cc(Cl)ccc2N(CC(C)(C)C)C1=O. The van der Waals surface area contributed by atoms with Crippen LogP contribution in [0, 0.1) is 5.41 Å². The molecule has 182 valence electrons. The Hall–Kier alpha value is -2.45. The maximum absolute atomic E-state index is 13.7. The molecule has 3 atom stereocenters. The third-order valence-corrected chi connectivity index (χ3v) is 5.71. The van der Waals surface area contributed by atoms with Crippen molar-refractivity contribution in [2.75, 3.05) is 11.4 Å². The van der Waals surface area contributed by atoms with E-state index in [4.69, 9.17) is 27.9 Å². The Morgan fingerprint density at radius 1 is 1.15 bits per heavy atom. The van der Waals surface area contributed by atoms with E-state index in [1.165, 1.54) is 6.92 Å². The summed E-state index contributed by atoms with van der Waals surface area (Å²) >= 11 is 12.8. The van der Waals surface area contributed by atoms with Gasteiger partial charge in [0.05, 0.1) is 6.42 Å². The van der Waals surface area contributed by atoms with E-state index in [-0.39, 0.29) is 5.41 Å². The fourth-order valence-electron chi connectivity index (χ4n) is 3.66. The number of benzene rings is 2. The zero-order chi connectivity index (χ0) is 25.2. The van der Waals surface area contributed by atoms with Gasteiger partial charge in [-0.3, -0.25) is 9.59 Å². The number of ether oxygens (including phenoxy) is 2. The molecular weight excluding hydrogens is 481 g/mol. The lowest BCUT2D eigenvalue weighted by Gasteiger charge is -2.31. The minimum absolute atomic E-state index is 0.288. The van der Waals surface area contributed by atoms with Crippen molar-refractivity contribution in [3.05, 3.63) is 63.6 Å². The zero-order valence-electron chi connectivity index (χ0n) is 19.4. The monoisotopic (exact) mass is 507 g/mol. The molecular formula is C25H27Cl2NO6. The summed E-state index contributed by atoms with van der Waals surface area (Å²) in [5.41, 5.74) is 1.51. The first kappa shape index (κ1) is 26.2. The highest BCUT2D eigenvalue weighted by atomic mass is 35.5. The number of hydrogen-bond donors (Lipinski definition) is 1. The number of anilines is 1. The molecule has 0 bridgehead atoms. The van der Waals surface area contributed by atoms with Crippen LogP contribution in [0.5, 0.6) is 0 Å². The van der Waals surface area contributed by atoms with Crippen molar-refractivity contribution in [1.29, 1.82) is 0 Å². The number of aliphatic hydroxyl groups excluding tert-OH is 1. The standard InChI is InChI=1S/C25H27Cl2NO6/c1-14(29)24(32)34-21(30)12-20-23(31)28(13-25(2,3)4)19-10-9-15(26)11-17(19)22(33-20)16-7-5-6-8-18(16)27/h5-11,14,20,22,29H,12-13H2,1-4H3/t14?,20-,22-/m1/s1. The summed E-state index contributed by atoms with van der Waals surface area (Å²) < 4.78 is 10.9. The third-order valence-electron chi connectivity index (χ3n) is 5.13. The van der Waals surface area contributed by atoms with Gasteiger partial charge in [0.15, 0.2) is 0 Å². The summed E-state index contributed by atoms with van der Waals surface area (Å²) in [5, 5.41) is 10.2. The maximum Gasteiger partial charge on any atom is 0.342 e. The quantitative estimate of drug-likeness (QED) is 0.465. The summed E-state index contributed by atoms with van der Waals surface area (Å²) in [4.78, 5) is 39.4. The summed E-state index contributed by atoms with van der Waals surface area (Å²) in [6.45, 7) is 7.46. The molecule has 0 saturated carbocycles. The number of carbonyl (C=O) groups is 3. The molecule has 0 radical (unpaired) electrons. The second-order valence-corrected chi connectivity index (χ2v) is 10.2. The van der Waals surface area contributed by atoms with Gasteiger partial charge in [0.1, 0.15) is 18.3 Å². The van der Waals surface area contributed by atoms with E-state index < -0.39 is 42.6 Å². The predicted molar refractivity (Wildman–Crippen MR) is 129 cm³/mol. The third kappa shape index (κ3) is 6.16. The highest BCUT2D eigenvalue weighted by Gasteiger charge is 2.40. The number of nitrogens with zero attached hydrogens (tertiary/aromatic N) is 1. The van der Waals surface area contributed by atoms with Crippen molar-refractivity contribution in [2.24, 2.45) is 5.41 Å². The number of halogens is 2. The van der Waals surface area contributed by atoms with Crippen LogP contribution in [0.2, 0.25) is 10.0 Å². The molecule has 1 heterocycles. The minimum Gasteiger partial charge on any atom is -0.391 e. The number of hydrogen-bond acceptors (Lipinski definition) is 6. The average Bonchev–Trinajstić information content (AvgIpc) is 2.83. The van der Waals surface area contributed by atoms with E-state index in [2.05, 4.69) is 4.74 Å². The van der Waals surface area contributed by atoms with Gasteiger partial charge in [0.25, 0.3) is 5.91 Å². The van der Waals surface area contributed by atoms with Crippen molar-refractivity contribution >= 4 is 46.7 Å². The molecule has 0 fully saturated rings. The van der Waals surface area contributed by atoms with Crippen LogP contribution >= 0.6 is 23.2 Å². The normalized spacial score (nSPS) is 19.3. The highest BCUT2D eigenvalue weighted by molar-refractivity contribution is 6.31. The van der Waals surface area contributed by atoms with Gasteiger partial charge in [-0.1, -0.05) is 62.2 Å². The molecule has 0 saturated heterocycles. The summed E-state index contributed by atoms with van der Waals surface area (Å²) in [6.07, 6.45) is -4.10. The molecule has 1 aliphatic heterocycles. The highest BCUT2D eigenvalue weighted by Crippen LogP contribution is 2.42. The lowest BCUT2D eigenvalue weighted by atomic mass is 9.94. The first-order valence-corrected chi connectivity index (χ1v) is 11.6. The first-order chi connectivity index (χ1) is 15.9. The number of amides is 1. The fourth-order valence-corrected chi connectivity index (χ4v) is 4.08. The summed E-state index contributed by atoms with van der Waals surface area (Å²) in [7, 11) is 0. The Balaban J connectivity index is 2.11. The van der Waals surface area contributed by atoms with E-state index in [1.807, 2.05) is 20.8 Å². The molecule has 1 aliphatic rings. The number of rotatable bonds is 5. The van der Waals surface area contributed by atoms with Gasteiger partial charge in [-0.05, 0) is 36.6 Å². The van der Waals surface area contributed by atoms with E-state index in [9.17, 15) is 19.5 Å². The summed E-state index contributed by atoms with van der Waals surface area (Å²) in [6, 6.07) is 12.2. The Morgan fingerprint density at radius 2 is 1.82 bits per heavy atom. The van der Waals surface area contributed by atoms with Gasteiger partial charge < -0.3 is 19.5 Å². The molecule has 34 heavy (non-hydrogen) atoms. The van der Waals surface area contributed by atoms with Gasteiger partial charge in [-0.25, -0.2) is 4.79 Å². The van der Waals surface area contributed by atoms with Gasteiger partial charge in [-0.2, -0.15) is 0 Å². The Kier molecular flexibility index (Phi) is 8.03. The van der Waals surface area contributed by atoms with E-state index in [0.29, 0.717) is 33.4 Å². The summed E-state index contributed by atoms with van der Waals surface area (Å²) in [5.74, 6) is -2.55. The molecule has 0 spiro atoms. The van der Waals surface area contributed by atoms with E-state index in [0.717, 1.165) is 0 Å². The van der Waals surface area contributed by atoms with Crippen molar-refractivity contribution in [3.8, 4) is 0 Å². The van der Waals surface area contributed by atoms with Crippen LogP contribution in [-0.2, 0) is 23.9 Å². The van der Waals surface area contributed by atoms with E-state index in [1.54, 1.807) is 47.4 Å². The molecule has 1 amide bonds. The first-order valence-electron chi connectivity index (χ1n) is 10.8. The molecule has 1 N–H and O–H groups in total. The van der Waals surface area contributed by atoms with E-state index >= 15 is 0 Å². The predicted octanol–water partition coefficient (Wildman–Crippen LogP) is 4.70. The number of fused-ring (bicyclic) bond motifs is 1. The Bertz CT molecular complexity index is 1100. The molecule has 1 unspecified atom stereocenters. The van der Waals surface area contributed by atoms with Crippen LogP contribution in [0.3, 0.4) is 0 Å². The second kappa shape index (κ2) is 10.4. The van der Waals surface area contributed by atoms with Crippen molar-refractivity contribution in [1.82, 2.24) is 0 Å². The Morgan fingerprint density at radius 3 is 2.44 bits per heavy atom. The molecule has 0 aromatic heterocycles. The molecule has 9 heteroatoms. The Labute approximate surface area is 208 Å². The zero-order valence-corrected chi connectivity index (χ0v) is 20.9. The molecule has 2 aromatic rings. The van der Waals surface area contributed by atoms with Crippen molar-refractivity contribution in [3.63, 3.8) is 0 Å². The van der Waals surface area contributed by atoms with Crippen molar-refractivity contribution < 1.29 is 29.0 Å². The molecule has 3 rings (SSSR count). The van der Waals surface area contributed by atoms with Gasteiger partial charge >= 0.3 is 11.9 Å². The minimum atomic E-state index is -1.48. The molecule has 2 aromatic carbocycles. The largest absolute Gasteiger partial charge is 0.391 e. The van der Waals surface area contributed by atoms with Crippen LogP contribution in [-0.4, -0.2) is 41.7 Å². The van der Waals surface area contributed by atoms with Gasteiger partial charge in [0.2, 0.25) is 0 Å². The van der Waals surface area contributed by atoms with Crippen molar-refractivity contribution in [2.45, 2.75) is 52.4 Å². The van der Waals surface area contributed by atoms with Gasteiger partial charge in [-0.15, -0.1) is 0 Å². The fraction of sp³-hybridized carbons (Fsp3) is 0.400. The average molecular weight is 508 g/mol. The number of aliphatic hydroxyl groups is 1. The molecule has 0 aliphatic carbocycles. The number of esters is 2. The maximum atomic E-state index is 13.7. The number of carbonyl (C=O) groups excluding carboxylic acids is 3. The van der Waals surface area contributed by atoms with Crippen LogP contribution < -0.4 is 4.90 Å². The van der Waals surface area contributed by atoms with Gasteiger partial charge in [0, 0.05) is 33.4 Å². The smallest absolute Gasteiger partial charge is 0.342 e. The van der Waals surface area contributed by atoms with Crippen LogP contribution in [0.4, 0.5) is 5.69 Å². The topological polar surface area (TPSA) is 93.1 Å². The molecule has 7 nitrogen and oxygen atoms in total. The lowest BCUT2D eigenvalue weighted by Crippen LogP contribution is -2.44. The second-order valence-electron chi connectivity index (χ2n) is 9.39. The lowest BCUT2D eigenvalue weighted by molar-refractivity contribution is -0.168. The van der Waals surface area contributed by atoms with Crippen LogP contribution in [0.25, 0.3) is 0 Å². The van der Waals surface area contributed by atoms with Crippen LogP contribution in [0.1, 0.15) is 51.3 Å².